The normalized spacial score (nSPS) is 12.9. The first kappa shape index (κ1) is 12.9. The SMILES string of the molecule is Cc1ccc(/C=C/C(=O)NC(C)CCO)s1. The standard InChI is InChI=1S/C12H17NO2S/c1-9(7-8-14)13-12(15)6-5-11-4-3-10(2)16-11/h3-6,9,14H,7-8H2,1-2H3,(H,13,15)/b6-5+. The summed E-state index contributed by atoms with van der Waals surface area (Å²) in [5.41, 5.74) is 0. The molecule has 2 N–H and O–H groups in total. The van der Waals surface area contributed by atoms with E-state index in [2.05, 4.69) is 5.32 Å². The van der Waals surface area contributed by atoms with Crippen LogP contribution in [0.4, 0.5) is 0 Å². The lowest BCUT2D eigenvalue weighted by Gasteiger charge is -2.09. The highest BCUT2D eigenvalue weighted by Gasteiger charge is 2.03. The van der Waals surface area contributed by atoms with Gasteiger partial charge in [-0.1, -0.05) is 0 Å². The number of nitrogens with one attached hydrogen (secondary N) is 1. The summed E-state index contributed by atoms with van der Waals surface area (Å²) >= 11 is 1.65. The zero-order valence-corrected chi connectivity index (χ0v) is 10.4. The molecule has 16 heavy (non-hydrogen) atoms. The van der Waals surface area contributed by atoms with Gasteiger partial charge in [0.05, 0.1) is 0 Å². The summed E-state index contributed by atoms with van der Waals surface area (Å²) in [7, 11) is 0. The largest absolute Gasteiger partial charge is 0.396 e. The highest BCUT2D eigenvalue weighted by atomic mass is 32.1. The second-order valence-electron chi connectivity index (χ2n) is 3.70. The first-order valence-corrected chi connectivity index (χ1v) is 6.09. The van der Waals surface area contributed by atoms with E-state index in [-0.39, 0.29) is 18.6 Å². The molecule has 3 nitrogen and oxygen atoms in total. The average Bonchev–Trinajstić information content (AvgIpc) is 2.61. The Morgan fingerprint density at radius 1 is 1.62 bits per heavy atom. The third-order valence-corrected chi connectivity index (χ3v) is 3.08. The number of aliphatic hydroxyl groups excluding tert-OH is 1. The van der Waals surface area contributed by atoms with Gasteiger partial charge in [-0.2, -0.15) is 0 Å². The van der Waals surface area contributed by atoms with Crippen LogP contribution in [0.25, 0.3) is 6.08 Å². The molecule has 0 aliphatic carbocycles. The number of aryl methyl sites for hydroxylation is 1. The van der Waals surface area contributed by atoms with Gasteiger partial charge < -0.3 is 10.4 Å². The fourth-order valence-corrected chi connectivity index (χ4v) is 2.04. The van der Waals surface area contributed by atoms with Crippen molar-refractivity contribution in [1.82, 2.24) is 5.32 Å². The summed E-state index contributed by atoms with van der Waals surface area (Å²) in [6.45, 7) is 4.00. The Bertz CT molecular complexity index is 371. The van der Waals surface area contributed by atoms with Crippen LogP contribution in [0.2, 0.25) is 0 Å². The molecular weight excluding hydrogens is 222 g/mol. The van der Waals surface area contributed by atoms with Crippen molar-refractivity contribution in [1.29, 1.82) is 0 Å². The average molecular weight is 239 g/mol. The fourth-order valence-electron chi connectivity index (χ4n) is 1.26. The van der Waals surface area contributed by atoms with Gasteiger partial charge in [0.15, 0.2) is 0 Å². The lowest BCUT2D eigenvalue weighted by molar-refractivity contribution is -0.117. The third kappa shape index (κ3) is 4.59. The molecule has 4 heteroatoms. The lowest BCUT2D eigenvalue weighted by atomic mass is 10.2. The maximum absolute atomic E-state index is 11.4. The van der Waals surface area contributed by atoms with E-state index in [4.69, 9.17) is 5.11 Å². The fraction of sp³-hybridized carbons (Fsp3) is 0.417. The molecular formula is C12H17NO2S. The van der Waals surface area contributed by atoms with Crippen LogP contribution in [0.3, 0.4) is 0 Å². The van der Waals surface area contributed by atoms with Gasteiger partial charge in [-0.3, -0.25) is 4.79 Å². The van der Waals surface area contributed by atoms with E-state index in [1.165, 1.54) is 11.0 Å². The monoisotopic (exact) mass is 239 g/mol. The topological polar surface area (TPSA) is 49.3 Å². The Morgan fingerprint density at radius 3 is 2.94 bits per heavy atom. The van der Waals surface area contributed by atoms with Crippen LogP contribution in [-0.2, 0) is 4.79 Å². The van der Waals surface area contributed by atoms with Crippen molar-refractivity contribution >= 4 is 23.3 Å². The van der Waals surface area contributed by atoms with Crippen LogP contribution in [0, 0.1) is 6.92 Å². The lowest BCUT2D eigenvalue weighted by Crippen LogP contribution is -2.31. The minimum absolute atomic E-state index is 0.00669. The van der Waals surface area contributed by atoms with Crippen molar-refractivity contribution in [3.63, 3.8) is 0 Å². The van der Waals surface area contributed by atoms with Crippen LogP contribution in [0.15, 0.2) is 18.2 Å². The van der Waals surface area contributed by atoms with Gasteiger partial charge in [-0.05, 0) is 38.5 Å². The number of carbonyl (C=O) groups excluding carboxylic acids is 1. The number of thiophene rings is 1. The van der Waals surface area contributed by atoms with E-state index in [0.717, 1.165) is 4.88 Å². The highest BCUT2D eigenvalue weighted by molar-refractivity contribution is 7.12. The van der Waals surface area contributed by atoms with E-state index in [0.29, 0.717) is 6.42 Å². The van der Waals surface area contributed by atoms with Crippen LogP contribution < -0.4 is 5.32 Å². The van der Waals surface area contributed by atoms with Crippen molar-refractivity contribution in [2.75, 3.05) is 6.61 Å². The third-order valence-electron chi connectivity index (χ3n) is 2.11. The number of rotatable bonds is 5. The molecule has 1 atom stereocenters. The molecule has 0 bridgehead atoms. The molecule has 0 spiro atoms. The number of aliphatic hydroxyl groups is 1. The Hall–Kier alpha value is -1.13. The summed E-state index contributed by atoms with van der Waals surface area (Å²) in [5.74, 6) is -0.119. The van der Waals surface area contributed by atoms with Gasteiger partial charge in [-0.25, -0.2) is 0 Å². The van der Waals surface area contributed by atoms with E-state index in [1.807, 2.05) is 26.0 Å². The quantitative estimate of drug-likeness (QED) is 0.772. The molecule has 1 rings (SSSR count). The Morgan fingerprint density at radius 2 is 2.38 bits per heavy atom. The molecule has 1 heterocycles. The van der Waals surface area contributed by atoms with E-state index in [1.54, 1.807) is 17.4 Å². The summed E-state index contributed by atoms with van der Waals surface area (Å²) in [4.78, 5) is 13.7. The minimum Gasteiger partial charge on any atom is -0.396 e. The van der Waals surface area contributed by atoms with Crippen LogP contribution in [0.5, 0.6) is 0 Å². The predicted molar refractivity (Wildman–Crippen MR) is 67.4 cm³/mol. The highest BCUT2D eigenvalue weighted by Crippen LogP contribution is 2.16. The van der Waals surface area contributed by atoms with Gasteiger partial charge in [0, 0.05) is 28.5 Å². The van der Waals surface area contributed by atoms with Gasteiger partial charge in [-0.15, -0.1) is 11.3 Å². The maximum atomic E-state index is 11.4. The second kappa shape index (κ2) is 6.45. The van der Waals surface area contributed by atoms with Gasteiger partial charge >= 0.3 is 0 Å². The molecule has 0 saturated carbocycles. The summed E-state index contributed by atoms with van der Waals surface area (Å²) < 4.78 is 0. The molecule has 0 aliphatic rings. The molecule has 0 aliphatic heterocycles. The second-order valence-corrected chi connectivity index (χ2v) is 5.02. The smallest absolute Gasteiger partial charge is 0.244 e. The Labute approximate surface area is 99.8 Å². The molecule has 0 fully saturated rings. The minimum atomic E-state index is -0.119. The molecule has 1 amide bonds. The van der Waals surface area contributed by atoms with E-state index in [9.17, 15) is 4.79 Å². The van der Waals surface area contributed by atoms with Gasteiger partial charge in [0.1, 0.15) is 0 Å². The van der Waals surface area contributed by atoms with Crippen molar-refractivity contribution < 1.29 is 9.90 Å². The zero-order chi connectivity index (χ0) is 12.0. The molecule has 0 radical (unpaired) electrons. The summed E-state index contributed by atoms with van der Waals surface area (Å²) in [6.07, 6.45) is 3.91. The molecule has 1 aromatic heterocycles. The molecule has 0 aromatic carbocycles. The van der Waals surface area contributed by atoms with Gasteiger partial charge in [0.2, 0.25) is 5.91 Å². The van der Waals surface area contributed by atoms with Crippen molar-refractivity contribution in [3.05, 3.63) is 28.0 Å². The van der Waals surface area contributed by atoms with Crippen molar-refractivity contribution in [3.8, 4) is 0 Å². The van der Waals surface area contributed by atoms with Crippen LogP contribution >= 0.6 is 11.3 Å². The molecule has 0 saturated heterocycles. The number of carbonyl (C=O) groups is 1. The number of hydrogen-bond donors (Lipinski definition) is 2. The first-order valence-electron chi connectivity index (χ1n) is 5.27. The zero-order valence-electron chi connectivity index (χ0n) is 9.56. The molecule has 1 aromatic rings. The molecule has 1 unspecified atom stereocenters. The first-order chi connectivity index (χ1) is 7.61. The van der Waals surface area contributed by atoms with Crippen molar-refractivity contribution in [2.45, 2.75) is 26.3 Å². The van der Waals surface area contributed by atoms with E-state index < -0.39 is 0 Å². The summed E-state index contributed by atoms with van der Waals surface area (Å²) in [5, 5.41) is 11.5. The summed E-state index contributed by atoms with van der Waals surface area (Å²) in [6, 6.07) is 4.02. The Balaban J connectivity index is 2.42. The molecule has 88 valence electrons. The number of amides is 1. The Kier molecular flexibility index (Phi) is 5.22. The maximum Gasteiger partial charge on any atom is 0.244 e. The predicted octanol–water partition coefficient (Wildman–Crippen LogP) is 1.96. The van der Waals surface area contributed by atoms with Crippen LogP contribution in [-0.4, -0.2) is 23.7 Å². The van der Waals surface area contributed by atoms with E-state index >= 15 is 0 Å². The van der Waals surface area contributed by atoms with Crippen molar-refractivity contribution in [2.24, 2.45) is 0 Å². The van der Waals surface area contributed by atoms with Gasteiger partial charge in [0.25, 0.3) is 0 Å². The van der Waals surface area contributed by atoms with Crippen LogP contribution in [0.1, 0.15) is 23.1 Å². The number of hydrogen-bond acceptors (Lipinski definition) is 3.